The summed E-state index contributed by atoms with van der Waals surface area (Å²) in [5, 5.41) is 7.62. The second-order valence-electron chi connectivity index (χ2n) is 10.5. The van der Waals surface area contributed by atoms with E-state index in [1.165, 1.54) is 0 Å². The molecule has 41 heavy (non-hydrogen) atoms. The van der Waals surface area contributed by atoms with Gasteiger partial charge in [-0.05, 0) is 65.7 Å². The van der Waals surface area contributed by atoms with Crippen molar-refractivity contribution in [3.8, 4) is 11.1 Å². The minimum Gasteiger partial charge on any atom is -0.771 e. The molecule has 3 aromatic rings. The number of carbonyl (C=O) groups excluding carboxylic acids is 2. The minimum atomic E-state index is -3.84. The number of hydrogen-bond donors (Lipinski definition) is 2. The summed E-state index contributed by atoms with van der Waals surface area (Å²) < 4.78 is 52.3. The Bertz CT molecular complexity index is 1590. The van der Waals surface area contributed by atoms with Gasteiger partial charge in [-0.15, -0.1) is 11.3 Å². The molecule has 0 bridgehead atoms. The summed E-state index contributed by atoms with van der Waals surface area (Å²) in [4.78, 5) is 32.6. The Labute approximate surface area is 244 Å². The first kappa shape index (κ1) is 29.7. The monoisotopic (exact) mass is 619 g/mol. The Hall–Kier alpha value is -2.75. The number of aromatic nitrogens is 1. The number of primary sulfonamides is 1. The highest BCUT2D eigenvalue weighted by Crippen LogP contribution is 2.46. The first-order valence-corrected chi connectivity index (χ1v) is 16.9. The molecular weight excluding hydrogens is 589 g/mol. The zero-order chi connectivity index (χ0) is 29.4. The van der Waals surface area contributed by atoms with E-state index in [1.807, 2.05) is 31.2 Å². The second-order valence-corrected chi connectivity index (χ2v) is 14.5. The van der Waals surface area contributed by atoms with Crippen LogP contribution in [-0.2, 0) is 35.4 Å². The fraction of sp³-hybridized carbons (Fsp3) is 0.444. The van der Waals surface area contributed by atoms with Crippen molar-refractivity contribution < 1.29 is 31.5 Å². The number of ether oxygens (including phenoxy) is 1. The Kier molecular flexibility index (Phi) is 8.60. The maximum Gasteiger partial charge on any atom is 0.254 e. The average Bonchev–Trinajstić information content (AvgIpc) is 3.65. The van der Waals surface area contributed by atoms with Crippen LogP contribution in [0.3, 0.4) is 0 Å². The zero-order valence-corrected chi connectivity index (χ0v) is 24.9. The van der Waals surface area contributed by atoms with Gasteiger partial charge in [0.25, 0.3) is 5.91 Å². The molecule has 2 fully saturated rings. The Balaban J connectivity index is 1.41. The lowest BCUT2D eigenvalue weighted by Crippen LogP contribution is -2.49. The normalized spacial score (nSPS) is 20.0. The van der Waals surface area contributed by atoms with E-state index in [0.29, 0.717) is 35.5 Å². The molecule has 1 aliphatic heterocycles. The highest BCUT2D eigenvalue weighted by atomic mass is 32.2. The van der Waals surface area contributed by atoms with Gasteiger partial charge in [-0.3, -0.25) is 13.8 Å². The van der Waals surface area contributed by atoms with Crippen molar-refractivity contribution in [1.29, 1.82) is 0 Å². The Morgan fingerprint density at radius 1 is 1.22 bits per heavy atom. The highest BCUT2D eigenvalue weighted by molar-refractivity contribution is 7.89. The molecule has 5 rings (SSSR count). The van der Waals surface area contributed by atoms with E-state index in [-0.39, 0.29) is 35.9 Å². The molecule has 1 saturated carbocycles. The van der Waals surface area contributed by atoms with Crippen molar-refractivity contribution in [1.82, 2.24) is 15.2 Å². The average molecular weight is 620 g/mol. The lowest BCUT2D eigenvalue weighted by Gasteiger charge is -2.32. The van der Waals surface area contributed by atoms with Crippen LogP contribution in [0.15, 0.2) is 42.5 Å². The van der Waals surface area contributed by atoms with Crippen LogP contribution >= 0.6 is 11.3 Å². The second kappa shape index (κ2) is 11.9. The van der Waals surface area contributed by atoms with Crippen LogP contribution in [0.4, 0.5) is 0 Å². The quantitative estimate of drug-likeness (QED) is 0.325. The van der Waals surface area contributed by atoms with E-state index in [1.54, 1.807) is 23.1 Å². The molecular formula is C27H31N4O7S3-. The first-order valence-electron chi connectivity index (χ1n) is 13.3. The van der Waals surface area contributed by atoms with Gasteiger partial charge in [-0.25, -0.2) is 18.5 Å². The number of hydrogen-bond acceptors (Lipinski definition) is 9. The number of carbonyl (C=O) groups is 2. The minimum absolute atomic E-state index is 0.00166. The molecule has 11 nitrogen and oxygen atoms in total. The summed E-state index contributed by atoms with van der Waals surface area (Å²) in [7, 11) is -3.84. The van der Waals surface area contributed by atoms with E-state index in [2.05, 4.69) is 10.3 Å². The molecule has 0 spiro atoms. The number of amides is 2. The zero-order valence-electron chi connectivity index (χ0n) is 22.4. The van der Waals surface area contributed by atoms with Crippen LogP contribution in [-0.4, -0.2) is 77.0 Å². The SMILES string of the molecule is C[C@H]1CN(C(=O)c2ccc(-c3ccc4nc(C(CC5CC5)(C(=O)NCCS(N)(=O)=O)S(=O)[O-])sc4c3)cc2)CCO1. The predicted molar refractivity (Wildman–Crippen MR) is 155 cm³/mol. The van der Waals surface area contributed by atoms with Crippen LogP contribution in [0.1, 0.15) is 41.6 Å². The van der Waals surface area contributed by atoms with Gasteiger partial charge >= 0.3 is 0 Å². The topological polar surface area (TPSA) is 172 Å². The summed E-state index contributed by atoms with van der Waals surface area (Å²) >= 11 is -1.74. The summed E-state index contributed by atoms with van der Waals surface area (Å²) in [5.41, 5.74) is 2.84. The van der Waals surface area contributed by atoms with Crippen LogP contribution in [0.25, 0.3) is 21.3 Å². The van der Waals surface area contributed by atoms with Crippen molar-refractivity contribution in [2.75, 3.05) is 32.0 Å². The van der Waals surface area contributed by atoms with Crippen molar-refractivity contribution in [3.63, 3.8) is 0 Å². The number of nitrogens with two attached hydrogens (primary N) is 1. The van der Waals surface area contributed by atoms with Gasteiger partial charge in [0, 0.05) is 25.2 Å². The largest absolute Gasteiger partial charge is 0.771 e. The Morgan fingerprint density at radius 3 is 2.56 bits per heavy atom. The fourth-order valence-corrected chi connectivity index (χ4v) is 7.53. The third kappa shape index (κ3) is 6.68. The highest BCUT2D eigenvalue weighted by Gasteiger charge is 2.48. The first-order chi connectivity index (χ1) is 19.5. The molecule has 2 aliphatic rings. The number of nitrogens with zero attached hydrogens (tertiary/aromatic N) is 2. The van der Waals surface area contributed by atoms with Crippen molar-refractivity contribution >= 4 is 54.5 Å². The van der Waals surface area contributed by atoms with Gasteiger partial charge in [0.1, 0.15) is 5.01 Å². The number of benzene rings is 2. The molecule has 1 aliphatic carbocycles. The molecule has 2 amide bonds. The predicted octanol–water partition coefficient (Wildman–Crippen LogP) is 2.10. The molecule has 0 radical (unpaired) electrons. The van der Waals surface area contributed by atoms with Crippen LogP contribution in [0.2, 0.25) is 0 Å². The van der Waals surface area contributed by atoms with Gasteiger partial charge in [0.15, 0.2) is 4.75 Å². The van der Waals surface area contributed by atoms with Gasteiger partial charge in [-0.1, -0.05) is 31.0 Å². The third-order valence-corrected chi connectivity index (χ3v) is 10.5. The van der Waals surface area contributed by atoms with E-state index < -0.39 is 37.5 Å². The third-order valence-electron chi connectivity index (χ3n) is 7.32. The summed E-state index contributed by atoms with van der Waals surface area (Å²) in [5.74, 6) is -1.31. The van der Waals surface area contributed by atoms with Crippen LogP contribution in [0, 0.1) is 5.92 Å². The number of rotatable bonds is 10. The maximum atomic E-state index is 13.3. The van der Waals surface area contributed by atoms with Gasteiger partial charge < -0.3 is 19.5 Å². The van der Waals surface area contributed by atoms with E-state index in [0.717, 1.165) is 35.3 Å². The fourth-order valence-electron chi connectivity index (χ4n) is 4.94. The summed E-state index contributed by atoms with van der Waals surface area (Å²) in [6.45, 7) is 3.25. The number of sulfonamides is 1. The van der Waals surface area contributed by atoms with Crippen molar-refractivity contribution in [3.05, 3.63) is 53.0 Å². The standard InChI is InChI=1S/C27H32N4O7S3/c1-17-16-31(11-12-38-17)24(32)20-6-4-19(5-7-20)21-8-9-22-23(14-21)39-26(30-22)27(40(34)35,15-18-2-3-18)25(33)29-10-13-41(28,36)37/h4-9,14,17-18H,2-3,10-13,15-16H2,1H3,(H,29,33)(H,34,35)(H2,28,36,37)/p-1/t17-,27?/m0/s1. The molecule has 1 saturated heterocycles. The lowest BCUT2D eigenvalue weighted by molar-refractivity contribution is -0.124. The van der Waals surface area contributed by atoms with E-state index >= 15 is 0 Å². The smallest absolute Gasteiger partial charge is 0.254 e. The number of morpholine rings is 1. The van der Waals surface area contributed by atoms with Crippen LogP contribution in [0.5, 0.6) is 0 Å². The molecule has 3 atom stereocenters. The molecule has 14 heteroatoms. The molecule has 2 unspecified atom stereocenters. The summed E-state index contributed by atoms with van der Waals surface area (Å²) in [6.07, 6.45) is 1.68. The lowest BCUT2D eigenvalue weighted by atomic mass is 10.0. The Morgan fingerprint density at radius 2 is 1.93 bits per heavy atom. The number of nitrogens with one attached hydrogen (secondary N) is 1. The summed E-state index contributed by atoms with van der Waals surface area (Å²) in [6, 6.07) is 12.8. The molecule has 1 aromatic heterocycles. The van der Waals surface area contributed by atoms with Gasteiger partial charge in [-0.2, -0.15) is 0 Å². The molecule has 220 valence electrons. The van der Waals surface area contributed by atoms with Crippen molar-refractivity contribution in [2.45, 2.75) is 37.0 Å². The molecule has 3 N–H and O–H groups in total. The van der Waals surface area contributed by atoms with Crippen LogP contribution < -0.4 is 10.5 Å². The van der Waals surface area contributed by atoms with E-state index in [9.17, 15) is 26.8 Å². The maximum absolute atomic E-state index is 13.3. The molecule has 2 heterocycles. The van der Waals surface area contributed by atoms with E-state index in [4.69, 9.17) is 9.88 Å². The van der Waals surface area contributed by atoms with Crippen molar-refractivity contribution in [2.24, 2.45) is 11.1 Å². The number of thiazole rings is 1. The number of fused-ring (bicyclic) bond motifs is 1. The van der Waals surface area contributed by atoms with Gasteiger partial charge in [0.05, 0.1) is 28.7 Å². The van der Waals surface area contributed by atoms with Gasteiger partial charge in [0.2, 0.25) is 15.9 Å². The molecule has 2 aromatic carbocycles.